The van der Waals surface area contributed by atoms with Gasteiger partial charge in [-0.3, -0.25) is 9.55 Å². The predicted octanol–water partition coefficient (Wildman–Crippen LogP) is 15.1. The van der Waals surface area contributed by atoms with Gasteiger partial charge in [0.25, 0.3) is 0 Å². The molecular weight excluding hydrogens is 938 g/mol. The van der Waals surface area contributed by atoms with E-state index in [9.17, 15) is 5.11 Å². The fourth-order valence-electron chi connectivity index (χ4n) is 8.11. The number of aryl methyl sites for hydroxylation is 3. The molecule has 0 atom stereocenters. The van der Waals surface area contributed by atoms with Crippen LogP contribution in [0.5, 0.6) is 5.75 Å². The van der Waals surface area contributed by atoms with Crippen molar-refractivity contribution in [2.75, 3.05) is 0 Å². The van der Waals surface area contributed by atoms with E-state index in [-0.39, 0.29) is 43.4 Å². The van der Waals surface area contributed by atoms with E-state index in [1.807, 2.05) is 116 Å². The van der Waals surface area contributed by atoms with Crippen LogP contribution >= 0.6 is 0 Å². The number of aromatic nitrogens is 3. The molecule has 0 aliphatic carbocycles. The third-order valence-electron chi connectivity index (χ3n) is 11.5. The first-order valence-electron chi connectivity index (χ1n) is 25.2. The minimum Gasteiger partial charge on any atom is -0.507 e. The summed E-state index contributed by atoms with van der Waals surface area (Å²) in [5, 5.41) is 12.5. The molecule has 4 nitrogen and oxygen atoms in total. The molecule has 8 aromatic rings. The maximum Gasteiger partial charge on any atom is 0.148 e. The summed E-state index contributed by atoms with van der Waals surface area (Å²) in [5.41, 5.74) is 7.15. The molecule has 0 spiro atoms. The van der Waals surface area contributed by atoms with Crippen LogP contribution in [-0.4, -0.2) is 19.6 Å². The minimum atomic E-state index is -3.55. The van der Waals surface area contributed by atoms with Crippen LogP contribution in [0.1, 0.15) is 108 Å². The van der Waals surface area contributed by atoms with Gasteiger partial charge in [0.1, 0.15) is 11.6 Å². The van der Waals surface area contributed by atoms with Gasteiger partial charge in [0.05, 0.1) is 22.3 Å². The number of para-hydroxylation sites is 1. The maximum atomic E-state index is 12.5. The summed E-state index contributed by atoms with van der Waals surface area (Å²) in [6.45, 7) is 7.89. The Hall–Kier alpha value is -5.57. The number of hydrogen-bond acceptors (Lipinski definition) is 3. The zero-order valence-electron chi connectivity index (χ0n) is 45.7. The van der Waals surface area contributed by atoms with Crippen molar-refractivity contribution >= 4 is 11.0 Å². The van der Waals surface area contributed by atoms with Crippen molar-refractivity contribution in [1.82, 2.24) is 14.5 Å². The van der Waals surface area contributed by atoms with Crippen LogP contribution in [-0.2, 0) is 37.3 Å². The molecule has 1 N–H and O–H groups in total. The number of rotatable bonds is 6. The van der Waals surface area contributed by atoms with Gasteiger partial charge in [0.15, 0.2) is 0 Å². The Balaban J connectivity index is 0.00000741. The Bertz CT molecular complexity index is 3270. The number of phenols is 1. The van der Waals surface area contributed by atoms with E-state index in [1.165, 1.54) is 12.1 Å². The van der Waals surface area contributed by atoms with Gasteiger partial charge >= 0.3 is 0 Å². The monoisotopic (exact) mass is 1000 g/mol. The second-order valence-electron chi connectivity index (χ2n) is 18.4. The van der Waals surface area contributed by atoms with Crippen molar-refractivity contribution < 1.29 is 38.5 Å². The second kappa shape index (κ2) is 16.6. The average molecular weight is 1010 g/mol. The fourth-order valence-corrected chi connectivity index (χ4v) is 8.11. The first-order valence-corrected chi connectivity index (χ1v) is 20.7. The van der Waals surface area contributed by atoms with Gasteiger partial charge in [-0.2, -0.15) is 0 Å². The molecule has 62 heavy (non-hydrogen) atoms. The zero-order chi connectivity index (χ0) is 51.1. The SMILES string of the molecule is [2H]C([2H])([2H])C(c1cc(-c2cc(-c3cc(C)ccc3C)ccn2)[c-]c(-c2cccc3c2nc(-c2cc(C(C)(C)C)cc(C(C)(C)C)c2O)n3-c2ccc(C)cc2-c2ccccc2)c1)(C([2H])([2H])[2H])C([2H])([2H])[2H].[Pt]. The molecule has 0 unspecified atom stereocenters. The Labute approximate surface area is 396 Å². The number of hydrogen-bond donors (Lipinski definition) is 1. The van der Waals surface area contributed by atoms with Crippen molar-refractivity contribution in [3.05, 3.63) is 167 Å². The molecule has 0 fully saturated rings. The van der Waals surface area contributed by atoms with Gasteiger partial charge in [-0.15, -0.1) is 29.3 Å². The molecule has 2 aromatic heterocycles. The van der Waals surface area contributed by atoms with Crippen LogP contribution in [0.25, 0.3) is 72.7 Å². The molecule has 5 heteroatoms. The number of nitrogens with zero attached hydrogens (tertiary/aromatic N) is 3. The largest absolute Gasteiger partial charge is 0.507 e. The van der Waals surface area contributed by atoms with Crippen molar-refractivity contribution in [2.45, 2.75) is 99.1 Å². The molecule has 2 heterocycles. The van der Waals surface area contributed by atoms with E-state index < -0.39 is 36.9 Å². The zero-order valence-corrected chi connectivity index (χ0v) is 39.0. The van der Waals surface area contributed by atoms with E-state index in [0.29, 0.717) is 33.7 Å². The second-order valence-corrected chi connectivity index (χ2v) is 18.4. The summed E-state index contributed by atoms with van der Waals surface area (Å²) >= 11 is 0. The van der Waals surface area contributed by atoms with Crippen molar-refractivity contribution in [1.29, 1.82) is 0 Å². The van der Waals surface area contributed by atoms with E-state index in [0.717, 1.165) is 55.8 Å². The fraction of sp³-hybridized carbons (Fsp3) is 0.263. The van der Waals surface area contributed by atoms with Gasteiger partial charge in [-0.1, -0.05) is 163 Å². The van der Waals surface area contributed by atoms with Crippen molar-refractivity contribution in [3.8, 4) is 67.5 Å². The molecule has 0 saturated heterocycles. The van der Waals surface area contributed by atoms with Gasteiger partial charge in [0.2, 0.25) is 0 Å². The number of benzene rings is 6. The molecule has 0 aliphatic heterocycles. The van der Waals surface area contributed by atoms with Crippen LogP contribution < -0.4 is 0 Å². The summed E-state index contributed by atoms with van der Waals surface area (Å²) in [7, 11) is 0. The number of aromatic hydroxyl groups is 1. The maximum absolute atomic E-state index is 12.5. The van der Waals surface area contributed by atoms with Crippen LogP contribution in [0.15, 0.2) is 128 Å². The van der Waals surface area contributed by atoms with Crippen molar-refractivity contribution in [3.63, 3.8) is 0 Å². The van der Waals surface area contributed by atoms with Gasteiger partial charge in [0, 0.05) is 56.4 Å². The molecule has 0 radical (unpaired) electrons. The predicted molar refractivity (Wildman–Crippen MR) is 257 cm³/mol. The molecule has 0 bridgehead atoms. The number of phenolic OH excluding ortho intramolecular Hbond substituents is 1. The molecule has 6 aromatic carbocycles. The van der Waals surface area contributed by atoms with Gasteiger partial charge in [-0.05, 0) is 95.2 Å². The first-order chi connectivity index (χ1) is 32.5. The topological polar surface area (TPSA) is 50.9 Å². The Morgan fingerprint density at radius 1 is 0.597 bits per heavy atom. The third kappa shape index (κ3) is 8.60. The Morgan fingerprint density at radius 2 is 1.27 bits per heavy atom. The molecule has 0 amide bonds. The van der Waals surface area contributed by atoms with Crippen LogP contribution in [0, 0.1) is 26.8 Å². The Morgan fingerprint density at radius 3 is 1.97 bits per heavy atom. The number of fused-ring (bicyclic) bond motifs is 1. The Kier molecular flexibility index (Phi) is 9.10. The summed E-state index contributed by atoms with van der Waals surface area (Å²) in [5.74, 6) is 0.481. The molecule has 8 rings (SSSR count). The summed E-state index contributed by atoms with van der Waals surface area (Å²) < 4.78 is 81.0. The summed E-state index contributed by atoms with van der Waals surface area (Å²) in [4.78, 5) is 10.1. The average Bonchev–Trinajstić information content (AvgIpc) is 3.65. The molecular formula is C57H58N3OPt-. The number of pyridine rings is 1. The van der Waals surface area contributed by atoms with Crippen LogP contribution in [0.4, 0.5) is 0 Å². The standard InChI is InChI=1S/C57H58N3O.Pt/c1-35-21-23-37(3)45(27-35)39-25-26-58-49(32-39)41-29-40(30-42(31-41)55(4,5)6)44-19-16-20-51-52(44)59-54(47-33-43(56(7,8)9)34-48(53(47)61)57(10,11)12)60(51)50-24-22-36(2)28-46(50)38-17-14-13-15-18-38;/h13-28,30-34,61H,1-12H3;/q-1;/i4D3,5D3,6D3;. The van der Waals surface area contributed by atoms with Gasteiger partial charge < -0.3 is 5.11 Å². The summed E-state index contributed by atoms with van der Waals surface area (Å²) in [6, 6.07) is 41.5. The molecule has 0 saturated carbocycles. The third-order valence-corrected chi connectivity index (χ3v) is 11.5. The quantitative estimate of drug-likeness (QED) is 0.169. The number of imidazole rings is 1. The minimum absolute atomic E-state index is 0. The first kappa shape index (κ1) is 34.0. The van der Waals surface area contributed by atoms with Crippen molar-refractivity contribution in [2.24, 2.45) is 0 Å². The van der Waals surface area contributed by atoms with Gasteiger partial charge in [-0.25, -0.2) is 4.98 Å². The van der Waals surface area contributed by atoms with Crippen LogP contribution in [0.3, 0.4) is 0 Å². The van der Waals surface area contributed by atoms with E-state index in [4.69, 9.17) is 22.3 Å². The normalized spacial score (nSPS) is 14.9. The van der Waals surface area contributed by atoms with E-state index >= 15 is 0 Å². The van der Waals surface area contributed by atoms with E-state index in [1.54, 1.807) is 12.3 Å². The smallest absolute Gasteiger partial charge is 0.148 e. The molecule has 0 aliphatic rings. The van der Waals surface area contributed by atoms with E-state index in [2.05, 4.69) is 59.7 Å². The summed E-state index contributed by atoms with van der Waals surface area (Å²) in [6.07, 6.45) is 1.61. The van der Waals surface area contributed by atoms with Crippen LogP contribution in [0.2, 0.25) is 0 Å². The molecule has 318 valence electrons.